The molecule has 12 heteroatoms. The number of rotatable bonds is 2. The average Bonchev–Trinajstić information content (AvgIpc) is 3.56. The van der Waals surface area contributed by atoms with Crippen LogP contribution in [-0.2, 0) is 29.0 Å². The summed E-state index contributed by atoms with van der Waals surface area (Å²) in [6.45, 7) is 6.73. The third-order valence-electron chi connectivity index (χ3n) is 8.35. The number of aromatic nitrogens is 2. The van der Waals surface area contributed by atoms with Crippen LogP contribution in [0.25, 0.3) is 0 Å². The molecule has 3 aliphatic heterocycles. The van der Waals surface area contributed by atoms with Gasteiger partial charge in [-0.3, -0.25) is 19.2 Å². The van der Waals surface area contributed by atoms with Crippen molar-refractivity contribution < 1.29 is 23.6 Å². The lowest BCUT2D eigenvalue weighted by Crippen LogP contribution is -2.55. The van der Waals surface area contributed by atoms with Gasteiger partial charge in [0.05, 0.1) is 12.1 Å². The Bertz CT molecular complexity index is 1320. The summed E-state index contributed by atoms with van der Waals surface area (Å²) in [5.74, 6) is -1.43. The summed E-state index contributed by atoms with van der Waals surface area (Å²) in [5, 5.41) is 9.24. The van der Waals surface area contributed by atoms with Gasteiger partial charge in [0, 0.05) is 57.9 Å². The standard InChI is InChI=1S/C30H40FN7O4/c1-19(2)23-16-37(30(42)24-17-36-14-12-32-11-9-26(36)34-24)18-27(39)33-10-3-5-20-7-8-22(31)21(15-20)29(41)38-13-4-6-25(38)28(40)35-23/h7-8,15,17,19,23,25,32H,3-6,9-14,16,18H2,1-2H3,(H,33,39)(H,35,40)/t23-,25-/m0/s1. The largest absolute Gasteiger partial charge is 0.355 e. The van der Waals surface area contributed by atoms with Gasteiger partial charge in [-0.25, -0.2) is 9.37 Å². The van der Waals surface area contributed by atoms with E-state index in [0.29, 0.717) is 51.7 Å². The Balaban J connectivity index is 1.43. The molecule has 0 spiro atoms. The first-order valence-corrected chi connectivity index (χ1v) is 14.9. The SMILES string of the molecule is CC(C)[C@@H]1CN(C(=O)c2cn3c(n2)CCNCC3)CC(=O)NCCCc2ccc(F)c(c2)C(=O)N2CCC[C@H]2C(=O)N1. The van der Waals surface area contributed by atoms with Crippen LogP contribution in [-0.4, -0.2) is 94.3 Å². The van der Waals surface area contributed by atoms with Crippen LogP contribution in [0.1, 0.15) is 65.3 Å². The van der Waals surface area contributed by atoms with E-state index in [1.165, 1.54) is 15.9 Å². The predicted octanol–water partition coefficient (Wildman–Crippen LogP) is 1.12. The molecule has 1 aromatic carbocycles. The van der Waals surface area contributed by atoms with Gasteiger partial charge in [-0.05, 0) is 49.3 Å². The fraction of sp³-hybridized carbons (Fsp3) is 0.567. The predicted molar refractivity (Wildman–Crippen MR) is 153 cm³/mol. The van der Waals surface area contributed by atoms with Crippen LogP contribution in [0.15, 0.2) is 24.4 Å². The highest BCUT2D eigenvalue weighted by Gasteiger charge is 2.37. The van der Waals surface area contributed by atoms with Gasteiger partial charge in [0.25, 0.3) is 11.8 Å². The van der Waals surface area contributed by atoms with Gasteiger partial charge in [-0.1, -0.05) is 19.9 Å². The molecular formula is C30H40FN7O4. The van der Waals surface area contributed by atoms with E-state index in [0.717, 1.165) is 24.5 Å². The number of carbonyl (C=O) groups excluding carboxylic acids is 4. The summed E-state index contributed by atoms with van der Waals surface area (Å²) in [4.78, 5) is 61.4. The van der Waals surface area contributed by atoms with E-state index in [9.17, 15) is 23.6 Å². The molecule has 42 heavy (non-hydrogen) atoms. The maximum absolute atomic E-state index is 14.8. The van der Waals surface area contributed by atoms with Crippen LogP contribution < -0.4 is 16.0 Å². The minimum absolute atomic E-state index is 0.0491. The van der Waals surface area contributed by atoms with Crippen molar-refractivity contribution in [1.29, 1.82) is 0 Å². The molecule has 5 rings (SSSR count). The summed E-state index contributed by atoms with van der Waals surface area (Å²) in [5.41, 5.74) is 0.991. The number of nitrogens with one attached hydrogen (secondary N) is 3. The summed E-state index contributed by atoms with van der Waals surface area (Å²) in [7, 11) is 0. The van der Waals surface area contributed by atoms with Crippen molar-refractivity contribution in [2.24, 2.45) is 5.92 Å². The average molecular weight is 582 g/mol. The van der Waals surface area contributed by atoms with Gasteiger partial charge < -0.3 is 30.3 Å². The molecule has 0 saturated carbocycles. The molecule has 3 aliphatic rings. The summed E-state index contributed by atoms with van der Waals surface area (Å²) in [6, 6.07) is 3.22. The van der Waals surface area contributed by atoms with Crippen molar-refractivity contribution in [3.8, 4) is 0 Å². The number of nitrogens with zero attached hydrogens (tertiary/aromatic N) is 4. The van der Waals surface area contributed by atoms with Gasteiger partial charge in [0.1, 0.15) is 23.4 Å². The number of aryl methyl sites for hydroxylation is 1. The Hall–Kier alpha value is -3.80. The monoisotopic (exact) mass is 581 g/mol. The molecule has 0 radical (unpaired) electrons. The minimum atomic E-state index is -0.748. The van der Waals surface area contributed by atoms with Crippen LogP contribution in [0.2, 0.25) is 0 Å². The van der Waals surface area contributed by atoms with Crippen LogP contribution in [0.5, 0.6) is 0 Å². The topological polar surface area (TPSA) is 129 Å². The second-order valence-corrected chi connectivity index (χ2v) is 11.7. The molecule has 0 aliphatic carbocycles. The molecule has 226 valence electrons. The number of carbonyl (C=O) groups is 4. The molecule has 1 saturated heterocycles. The third kappa shape index (κ3) is 6.64. The highest BCUT2D eigenvalue weighted by Crippen LogP contribution is 2.23. The zero-order valence-corrected chi connectivity index (χ0v) is 24.3. The zero-order chi connectivity index (χ0) is 29.8. The lowest BCUT2D eigenvalue weighted by atomic mass is 10.0. The number of imidazole rings is 1. The van der Waals surface area contributed by atoms with Crippen molar-refractivity contribution in [2.45, 2.75) is 64.6 Å². The van der Waals surface area contributed by atoms with Crippen LogP contribution in [0, 0.1) is 11.7 Å². The van der Waals surface area contributed by atoms with Crippen LogP contribution >= 0.6 is 0 Å². The molecule has 1 fully saturated rings. The minimum Gasteiger partial charge on any atom is -0.355 e. The molecule has 3 N–H and O–H groups in total. The number of benzene rings is 1. The Morgan fingerprint density at radius 3 is 2.71 bits per heavy atom. The third-order valence-corrected chi connectivity index (χ3v) is 8.35. The number of hydrogen-bond donors (Lipinski definition) is 3. The molecule has 11 nitrogen and oxygen atoms in total. The Morgan fingerprint density at radius 2 is 1.90 bits per heavy atom. The van der Waals surface area contributed by atoms with E-state index in [2.05, 4.69) is 20.9 Å². The van der Waals surface area contributed by atoms with Gasteiger partial charge >= 0.3 is 0 Å². The fourth-order valence-corrected chi connectivity index (χ4v) is 5.87. The number of fused-ring (bicyclic) bond motifs is 4. The Kier molecular flexibility index (Phi) is 9.20. The maximum Gasteiger partial charge on any atom is 0.274 e. The molecule has 4 amide bonds. The Labute approximate surface area is 245 Å². The lowest BCUT2D eigenvalue weighted by molar-refractivity contribution is -0.126. The normalized spacial score (nSPS) is 22.6. The lowest BCUT2D eigenvalue weighted by Gasteiger charge is -2.32. The molecule has 2 atom stereocenters. The van der Waals surface area contributed by atoms with Crippen LogP contribution in [0.4, 0.5) is 4.39 Å². The van der Waals surface area contributed by atoms with Gasteiger partial charge in [-0.15, -0.1) is 0 Å². The van der Waals surface area contributed by atoms with Crippen LogP contribution in [0.3, 0.4) is 0 Å². The summed E-state index contributed by atoms with van der Waals surface area (Å²) < 4.78 is 16.7. The van der Waals surface area contributed by atoms with Gasteiger partial charge in [0.15, 0.2) is 0 Å². The Morgan fingerprint density at radius 1 is 1.07 bits per heavy atom. The molecular weight excluding hydrogens is 541 g/mol. The molecule has 2 bridgehead atoms. The van der Waals surface area contributed by atoms with Crippen molar-refractivity contribution in [1.82, 2.24) is 35.3 Å². The van der Waals surface area contributed by atoms with E-state index in [4.69, 9.17) is 0 Å². The summed E-state index contributed by atoms with van der Waals surface area (Å²) >= 11 is 0. The van der Waals surface area contributed by atoms with Crippen molar-refractivity contribution >= 4 is 23.6 Å². The number of halogens is 1. The smallest absolute Gasteiger partial charge is 0.274 e. The zero-order valence-electron chi connectivity index (χ0n) is 24.3. The van der Waals surface area contributed by atoms with Gasteiger partial charge in [0.2, 0.25) is 11.8 Å². The number of amides is 4. The highest BCUT2D eigenvalue weighted by atomic mass is 19.1. The van der Waals surface area contributed by atoms with E-state index >= 15 is 0 Å². The van der Waals surface area contributed by atoms with E-state index in [1.54, 1.807) is 18.3 Å². The molecule has 2 aromatic rings. The first-order valence-electron chi connectivity index (χ1n) is 14.9. The quantitative estimate of drug-likeness (QED) is 0.488. The first kappa shape index (κ1) is 29.7. The van der Waals surface area contributed by atoms with E-state index < -0.39 is 23.8 Å². The first-order chi connectivity index (χ1) is 20.2. The van der Waals surface area contributed by atoms with E-state index in [1.807, 2.05) is 18.4 Å². The number of hydrogen-bond acceptors (Lipinski definition) is 6. The summed E-state index contributed by atoms with van der Waals surface area (Å²) in [6.07, 6.45) is 4.62. The fourth-order valence-electron chi connectivity index (χ4n) is 5.87. The second kappa shape index (κ2) is 13.0. The van der Waals surface area contributed by atoms with Crippen molar-refractivity contribution in [3.63, 3.8) is 0 Å². The second-order valence-electron chi connectivity index (χ2n) is 11.7. The maximum atomic E-state index is 14.8. The van der Waals surface area contributed by atoms with Crippen molar-refractivity contribution in [3.05, 3.63) is 52.9 Å². The highest BCUT2D eigenvalue weighted by molar-refractivity contribution is 5.98. The van der Waals surface area contributed by atoms with E-state index in [-0.39, 0.29) is 48.0 Å². The molecule has 0 unspecified atom stereocenters. The molecule has 1 aromatic heterocycles. The van der Waals surface area contributed by atoms with Gasteiger partial charge in [-0.2, -0.15) is 0 Å². The van der Waals surface area contributed by atoms with Crippen molar-refractivity contribution in [2.75, 3.05) is 39.3 Å². The molecule has 4 heterocycles.